The molecule has 0 aliphatic rings. The third kappa shape index (κ3) is 3.56. The summed E-state index contributed by atoms with van der Waals surface area (Å²) in [6.07, 6.45) is -2.65. The molecule has 2 heterocycles. The van der Waals surface area contributed by atoms with E-state index in [9.17, 15) is 13.2 Å². The molecule has 1 N–H and O–H groups in total. The number of likely N-dealkylation sites (N-methyl/N-ethyl adjacent to an activating group) is 1. The summed E-state index contributed by atoms with van der Waals surface area (Å²) in [6, 6.07) is 1.09. The van der Waals surface area contributed by atoms with Gasteiger partial charge < -0.3 is 9.84 Å². The number of halogens is 3. The number of nitrogens with one attached hydrogen (secondary N) is 1. The fourth-order valence-corrected chi connectivity index (χ4v) is 1.55. The Hall–Kier alpha value is -1.90. The maximum absolute atomic E-state index is 12.4. The number of aromatic nitrogens is 4. The van der Waals surface area contributed by atoms with Crippen LogP contribution in [0, 0.1) is 0 Å². The van der Waals surface area contributed by atoms with Crippen LogP contribution in [0.15, 0.2) is 16.8 Å². The second-order valence-corrected chi connectivity index (χ2v) is 4.39. The topological polar surface area (TPSA) is 68.8 Å². The highest BCUT2D eigenvalue weighted by molar-refractivity contribution is 5.04. The van der Waals surface area contributed by atoms with E-state index in [1.165, 1.54) is 6.20 Å². The van der Waals surface area contributed by atoms with E-state index in [2.05, 4.69) is 20.6 Å². The average molecular weight is 289 g/mol. The lowest BCUT2D eigenvalue weighted by Crippen LogP contribution is -2.24. The van der Waals surface area contributed by atoms with E-state index in [1.807, 2.05) is 14.0 Å². The number of rotatable bonds is 5. The zero-order chi connectivity index (χ0) is 14.8. The number of nitrogens with zero attached hydrogens (tertiary/aromatic N) is 4. The molecule has 0 aliphatic heterocycles. The van der Waals surface area contributed by atoms with Gasteiger partial charge in [0.05, 0.1) is 0 Å². The Bertz CT molecular complexity index is 562. The summed E-state index contributed by atoms with van der Waals surface area (Å²) in [4.78, 5) is 4.11. The molecule has 2 aromatic rings. The normalized spacial score (nSPS) is 13.7. The van der Waals surface area contributed by atoms with E-state index in [-0.39, 0.29) is 18.5 Å². The predicted octanol–water partition coefficient (Wildman–Crippen LogP) is 1.48. The summed E-state index contributed by atoms with van der Waals surface area (Å²) in [7, 11) is 1.81. The molecule has 6 nitrogen and oxygen atoms in total. The molecule has 1 atom stereocenters. The Labute approximate surface area is 113 Å². The summed E-state index contributed by atoms with van der Waals surface area (Å²) in [5.74, 6) is 0.727. The van der Waals surface area contributed by atoms with Gasteiger partial charge in [0.1, 0.15) is 6.54 Å². The van der Waals surface area contributed by atoms with Crippen molar-refractivity contribution in [1.82, 2.24) is 25.2 Å². The van der Waals surface area contributed by atoms with E-state index in [0.29, 0.717) is 12.2 Å². The standard InChI is InChI=1S/C11H14F3N5O/c1-7(15-2)5-9-16-10(20-18-9)6-19-4-3-8(17-19)11(12,13)14/h3-4,7,15H,5-6H2,1-2H3. The van der Waals surface area contributed by atoms with Gasteiger partial charge in [0, 0.05) is 18.7 Å². The SMILES string of the molecule is CNC(C)Cc1noc(Cn2ccc(C(F)(F)F)n2)n1. The summed E-state index contributed by atoms with van der Waals surface area (Å²) in [5.41, 5.74) is -0.943. The molecule has 110 valence electrons. The zero-order valence-corrected chi connectivity index (χ0v) is 11.0. The maximum Gasteiger partial charge on any atom is 0.435 e. The van der Waals surface area contributed by atoms with Gasteiger partial charge in [0.2, 0.25) is 5.89 Å². The quantitative estimate of drug-likeness (QED) is 0.903. The minimum Gasteiger partial charge on any atom is -0.337 e. The molecule has 0 saturated heterocycles. The predicted molar refractivity (Wildman–Crippen MR) is 62.9 cm³/mol. The Kier molecular flexibility index (Phi) is 4.07. The number of hydrogen-bond donors (Lipinski definition) is 1. The van der Waals surface area contributed by atoms with Gasteiger partial charge in [-0.1, -0.05) is 5.16 Å². The molecule has 2 aromatic heterocycles. The first-order valence-electron chi connectivity index (χ1n) is 5.98. The number of hydrogen-bond acceptors (Lipinski definition) is 5. The lowest BCUT2D eigenvalue weighted by atomic mass is 10.2. The van der Waals surface area contributed by atoms with Crippen LogP contribution >= 0.6 is 0 Å². The maximum atomic E-state index is 12.4. The van der Waals surface area contributed by atoms with Crippen molar-refractivity contribution >= 4 is 0 Å². The van der Waals surface area contributed by atoms with Crippen molar-refractivity contribution in [3.8, 4) is 0 Å². The largest absolute Gasteiger partial charge is 0.435 e. The molecule has 2 rings (SSSR count). The van der Waals surface area contributed by atoms with Crippen molar-refractivity contribution in [2.75, 3.05) is 7.05 Å². The highest BCUT2D eigenvalue weighted by atomic mass is 19.4. The third-order valence-electron chi connectivity index (χ3n) is 2.72. The van der Waals surface area contributed by atoms with Crippen molar-refractivity contribution in [3.05, 3.63) is 29.7 Å². The molecule has 1 unspecified atom stereocenters. The van der Waals surface area contributed by atoms with Gasteiger partial charge in [-0.3, -0.25) is 4.68 Å². The first kappa shape index (κ1) is 14.5. The summed E-state index contributed by atoms with van der Waals surface area (Å²) >= 11 is 0. The van der Waals surface area contributed by atoms with Crippen LogP contribution in [0.4, 0.5) is 13.2 Å². The molecule has 0 fully saturated rings. The molecule has 0 saturated carbocycles. The molecule has 0 aliphatic carbocycles. The van der Waals surface area contributed by atoms with Gasteiger partial charge >= 0.3 is 6.18 Å². The molecule has 0 spiro atoms. The van der Waals surface area contributed by atoms with Crippen LogP contribution in [0.2, 0.25) is 0 Å². The molecular weight excluding hydrogens is 275 g/mol. The first-order valence-corrected chi connectivity index (χ1v) is 5.98. The van der Waals surface area contributed by atoms with Crippen LogP contribution in [-0.4, -0.2) is 33.0 Å². The van der Waals surface area contributed by atoms with Crippen molar-refractivity contribution in [3.63, 3.8) is 0 Å². The van der Waals surface area contributed by atoms with Gasteiger partial charge in [-0.05, 0) is 20.0 Å². The molecule has 9 heteroatoms. The van der Waals surface area contributed by atoms with Crippen LogP contribution in [0.25, 0.3) is 0 Å². The molecular formula is C11H14F3N5O. The van der Waals surface area contributed by atoms with E-state index < -0.39 is 11.9 Å². The smallest absolute Gasteiger partial charge is 0.337 e. The molecule has 0 radical (unpaired) electrons. The van der Waals surface area contributed by atoms with Crippen molar-refractivity contribution < 1.29 is 17.7 Å². The second kappa shape index (κ2) is 5.61. The highest BCUT2D eigenvalue weighted by Crippen LogP contribution is 2.27. The Morgan fingerprint density at radius 1 is 1.45 bits per heavy atom. The van der Waals surface area contributed by atoms with Crippen molar-refractivity contribution in [1.29, 1.82) is 0 Å². The second-order valence-electron chi connectivity index (χ2n) is 4.39. The lowest BCUT2D eigenvalue weighted by Gasteiger charge is -2.04. The van der Waals surface area contributed by atoms with Crippen LogP contribution in [0.3, 0.4) is 0 Å². The fraction of sp³-hybridized carbons (Fsp3) is 0.545. The van der Waals surface area contributed by atoms with Gasteiger partial charge in [-0.2, -0.15) is 23.3 Å². The van der Waals surface area contributed by atoms with Crippen LogP contribution < -0.4 is 5.32 Å². The minimum atomic E-state index is -4.45. The van der Waals surface area contributed by atoms with Gasteiger partial charge in [0.15, 0.2) is 11.5 Å². The lowest BCUT2D eigenvalue weighted by molar-refractivity contribution is -0.141. The van der Waals surface area contributed by atoms with Crippen LogP contribution in [-0.2, 0) is 19.1 Å². The summed E-state index contributed by atoms with van der Waals surface area (Å²) < 4.78 is 43.3. The van der Waals surface area contributed by atoms with E-state index in [1.54, 1.807) is 0 Å². The Balaban J connectivity index is 2.02. The van der Waals surface area contributed by atoms with Gasteiger partial charge in [-0.25, -0.2) is 0 Å². The van der Waals surface area contributed by atoms with Crippen LogP contribution in [0.1, 0.15) is 24.3 Å². The van der Waals surface area contributed by atoms with E-state index in [4.69, 9.17) is 4.52 Å². The van der Waals surface area contributed by atoms with E-state index in [0.717, 1.165) is 10.7 Å². The molecule has 20 heavy (non-hydrogen) atoms. The first-order chi connectivity index (χ1) is 9.38. The van der Waals surface area contributed by atoms with Gasteiger partial charge in [0.25, 0.3) is 0 Å². The zero-order valence-electron chi connectivity index (χ0n) is 11.0. The summed E-state index contributed by atoms with van der Waals surface area (Å²) in [6.45, 7) is 1.97. The van der Waals surface area contributed by atoms with Crippen LogP contribution in [0.5, 0.6) is 0 Å². The van der Waals surface area contributed by atoms with Crippen molar-refractivity contribution in [2.45, 2.75) is 32.1 Å². The average Bonchev–Trinajstić information content (AvgIpc) is 2.98. The minimum absolute atomic E-state index is 0.0109. The third-order valence-corrected chi connectivity index (χ3v) is 2.72. The highest BCUT2D eigenvalue weighted by Gasteiger charge is 2.33. The number of alkyl halides is 3. The van der Waals surface area contributed by atoms with Crippen molar-refractivity contribution in [2.24, 2.45) is 0 Å². The molecule has 0 bridgehead atoms. The monoisotopic (exact) mass is 289 g/mol. The fourth-order valence-electron chi connectivity index (χ4n) is 1.55. The van der Waals surface area contributed by atoms with Gasteiger partial charge in [-0.15, -0.1) is 0 Å². The molecule has 0 amide bonds. The summed E-state index contributed by atoms with van der Waals surface area (Å²) in [5, 5.41) is 10.2. The van der Waals surface area contributed by atoms with E-state index >= 15 is 0 Å². The molecule has 0 aromatic carbocycles. The Morgan fingerprint density at radius 2 is 2.20 bits per heavy atom. The Morgan fingerprint density at radius 3 is 2.80 bits per heavy atom.